The Morgan fingerprint density at radius 3 is 2.36 bits per heavy atom. The number of aliphatic hydroxyl groups excluding tert-OH is 1. The number of aliphatic hydroxyl groups is 1. The van der Waals surface area contributed by atoms with E-state index in [1.807, 2.05) is 0 Å². The highest BCUT2D eigenvalue weighted by Crippen LogP contribution is 2.00. The van der Waals surface area contributed by atoms with E-state index in [9.17, 15) is 4.79 Å². The lowest BCUT2D eigenvalue weighted by atomic mass is 10.1. The standard InChI is InChI=1S/C8H14O3/c1-6(8(10)11-3)4-5-7(2)9/h4-7,9H,1-3H3/b5-4+/t6-,7+/m1/s1. The Bertz CT molecular complexity index is 149. The number of methoxy groups -OCH3 is 1. The fourth-order valence-electron chi connectivity index (χ4n) is 0.592. The highest BCUT2D eigenvalue weighted by atomic mass is 16.5. The molecule has 1 N–H and O–H groups in total. The molecule has 64 valence electrons. The Balaban J connectivity index is 3.86. The van der Waals surface area contributed by atoms with Crippen LogP contribution in [0.15, 0.2) is 12.2 Å². The molecule has 0 aliphatic rings. The summed E-state index contributed by atoms with van der Waals surface area (Å²) in [6.45, 7) is 3.34. The van der Waals surface area contributed by atoms with Crippen LogP contribution in [0.25, 0.3) is 0 Å². The summed E-state index contributed by atoms with van der Waals surface area (Å²) in [4.78, 5) is 10.8. The zero-order chi connectivity index (χ0) is 8.85. The van der Waals surface area contributed by atoms with E-state index in [2.05, 4.69) is 4.74 Å². The summed E-state index contributed by atoms with van der Waals surface area (Å²) >= 11 is 0. The Hall–Kier alpha value is -0.830. The normalized spacial score (nSPS) is 16.4. The summed E-state index contributed by atoms with van der Waals surface area (Å²) in [7, 11) is 1.34. The van der Waals surface area contributed by atoms with Crippen molar-refractivity contribution in [3.8, 4) is 0 Å². The van der Waals surface area contributed by atoms with Gasteiger partial charge in [-0.1, -0.05) is 12.2 Å². The van der Waals surface area contributed by atoms with E-state index in [1.165, 1.54) is 7.11 Å². The predicted octanol–water partition coefficient (Wildman–Crippen LogP) is 0.732. The number of hydrogen-bond donors (Lipinski definition) is 1. The third kappa shape index (κ3) is 4.56. The minimum atomic E-state index is -0.512. The van der Waals surface area contributed by atoms with Gasteiger partial charge in [-0.25, -0.2) is 0 Å². The van der Waals surface area contributed by atoms with Crippen LogP contribution in [0.1, 0.15) is 13.8 Å². The van der Waals surface area contributed by atoms with Crippen molar-refractivity contribution in [3.63, 3.8) is 0 Å². The van der Waals surface area contributed by atoms with Gasteiger partial charge in [-0.3, -0.25) is 4.79 Å². The fraction of sp³-hybridized carbons (Fsp3) is 0.625. The molecular formula is C8H14O3. The van der Waals surface area contributed by atoms with Gasteiger partial charge < -0.3 is 9.84 Å². The number of rotatable bonds is 3. The van der Waals surface area contributed by atoms with Gasteiger partial charge in [-0.2, -0.15) is 0 Å². The zero-order valence-electron chi connectivity index (χ0n) is 7.07. The summed E-state index contributed by atoms with van der Waals surface area (Å²) < 4.78 is 4.47. The molecule has 0 saturated heterocycles. The van der Waals surface area contributed by atoms with Gasteiger partial charge in [0.25, 0.3) is 0 Å². The van der Waals surface area contributed by atoms with Gasteiger partial charge in [0.1, 0.15) is 0 Å². The number of esters is 1. The third-order valence-electron chi connectivity index (χ3n) is 1.25. The minimum absolute atomic E-state index is 0.283. The summed E-state index contributed by atoms with van der Waals surface area (Å²) in [5, 5.41) is 8.82. The quantitative estimate of drug-likeness (QED) is 0.486. The molecule has 0 rings (SSSR count). The van der Waals surface area contributed by atoms with E-state index in [1.54, 1.807) is 26.0 Å². The molecule has 0 aromatic carbocycles. The largest absolute Gasteiger partial charge is 0.469 e. The average molecular weight is 158 g/mol. The van der Waals surface area contributed by atoms with Crippen molar-refractivity contribution >= 4 is 5.97 Å². The van der Waals surface area contributed by atoms with Gasteiger partial charge in [0, 0.05) is 0 Å². The first-order chi connectivity index (χ1) is 5.07. The second-order valence-electron chi connectivity index (χ2n) is 2.44. The Kier molecular flexibility index (Phi) is 4.54. The Morgan fingerprint density at radius 2 is 2.00 bits per heavy atom. The van der Waals surface area contributed by atoms with E-state index >= 15 is 0 Å². The van der Waals surface area contributed by atoms with Crippen molar-refractivity contribution in [2.24, 2.45) is 5.92 Å². The van der Waals surface area contributed by atoms with Crippen molar-refractivity contribution < 1.29 is 14.6 Å². The first-order valence-corrected chi connectivity index (χ1v) is 3.52. The molecular weight excluding hydrogens is 144 g/mol. The molecule has 3 nitrogen and oxygen atoms in total. The van der Waals surface area contributed by atoms with Crippen molar-refractivity contribution in [3.05, 3.63) is 12.2 Å². The second-order valence-corrected chi connectivity index (χ2v) is 2.44. The van der Waals surface area contributed by atoms with E-state index in [0.717, 1.165) is 0 Å². The molecule has 0 aliphatic heterocycles. The van der Waals surface area contributed by atoms with Crippen LogP contribution in [0.5, 0.6) is 0 Å². The van der Waals surface area contributed by atoms with Gasteiger partial charge in [-0.05, 0) is 13.8 Å². The van der Waals surface area contributed by atoms with Crippen LogP contribution in [-0.4, -0.2) is 24.3 Å². The highest BCUT2D eigenvalue weighted by molar-refractivity contribution is 5.73. The molecule has 0 bridgehead atoms. The minimum Gasteiger partial charge on any atom is -0.469 e. The first-order valence-electron chi connectivity index (χ1n) is 3.52. The van der Waals surface area contributed by atoms with Crippen molar-refractivity contribution in [1.29, 1.82) is 0 Å². The number of hydrogen-bond acceptors (Lipinski definition) is 3. The molecule has 0 radical (unpaired) electrons. The molecule has 0 aromatic heterocycles. The van der Waals surface area contributed by atoms with Gasteiger partial charge in [0.15, 0.2) is 0 Å². The van der Waals surface area contributed by atoms with Crippen LogP contribution in [0.3, 0.4) is 0 Å². The van der Waals surface area contributed by atoms with Crippen molar-refractivity contribution in [2.45, 2.75) is 20.0 Å². The van der Waals surface area contributed by atoms with E-state index in [4.69, 9.17) is 5.11 Å². The smallest absolute Gasteiger partial charge is 0.312 e. The van der Waals surface area contributed by atoms with Crippen LogP contribution in [0.2, 0.25) is 0 Å². The van der Waals surface area contributed by atoms with E-state index in [0.29, 0.717) is 0 Å². The number of ether oxygens (including phenoxy) is 1. The molecule has 0 unspecified atom stereocenters. The summed E-state index contributed by atoms with van der Waals surface area (Å²) in [5.74, 6) is -0.573. The first kappa shape index (κ1) is 10.2. The fourth-order valence-corrected chi connectivity index (χ4v) is 0.592. The van der Waals surface area contributed by atoms with E-state index in [-0.39, 0.29) is 11.9 Å². The zero-order valence-corrected chi connectivity index (χ0v) is 7.07. The van der Waals surface area contributed by atoms with Crippen LogP contribution < -0.4 is 0 Å². The molecule has 0 saturated carbocycles. The Morgan fingerprint density at radius 1 is 1.45 bits per heavy atom. The molecule has 0 aromatic rings. The lowest BCUT2D eigenvalue weighted by Gasteiger charge is -2.02. The van der Waals surface area contributed by atoms with Crippen molar-refractivity contribution in [1.82, 2.24) is 0 Å². The molecule has 11 heavy (non-hydrogen) atoms. The second kappa shape index (κ2) is 4.91. The van der Waals surface area contributed by atoms with Crippen LogP contribution in [0, 0.1) is 5.92 Å². The van der Waals surface area contributed by atoms with Crippen LogP contribution >= 0.6 is 0 Å². The number of carbonyl (C=O) groups is 1. The molecule has 3 heteroatoms. The predicted molar refractivity (Wildman–Crippen MR) is 42.0 cm³/mol. The molecule has 0 heterocycles. The lowest BCUT2D eigenvalue weighted by molar-refractivity contribution is -0.143. The van der Waals surface area contributed by atoms with Gasteiger partial charge in [0.05, 0.1) is 19.1 Å². The molecule has 0 amide bonds. The lowest BCUT2D eigenvalue weighted by Crippen LogP contribution is -2.10. The highest BCUT2D eigenvalue weighted by Gasteiger charge is 2.07. The summed E-state index contributed by atoms with van der Waals surface area (Å²) in [6.07, 6.45) is 2.67. The SMILES string of the molecule is COC(=O)[C@H](C)/C=C/[C@H](C)O. The molecule has 0 fully saturated rings. The van der Waals surface area contributed by atoms with Crippen molar-refractivity contribution in [2.75, 3.05) is 7.11 Å². The van der Waals surface area contributed by atoms with Gasteiger partial charge in [0.2, 0.25) is 0 Å². The monoisotopic (exact) mass is 158 g/mol. The summed E-state index contributed by atoms with van der Waals surface area (Å²) in [6, 6.07) is 0. The maximum Gasteiger partial charge on any atom is 0.312 e. The average Bonchev–Trinajstić information content (AvgIpc) is 1.98. The number of carbonyl (C=O) groups excluding carboxylic acids is 1. The van der Waals surface area contributed by atoms with Crippen LogP contribution in [0.4, 0.5) is 0 Å². The van der Waals surface area contributed by atoms with E-state index < -0.39 is 6.10 Å². The Labute approximate surface area is 66.7 Å². The maximum atomic E-state index is 10.8. The van der Waals surface area contributed by atoms with Crippen LogP contribution in [-0.2, 0) is 9.53 Å². The maximum absolute atomic E-state index is 10.8. The molecule has 2 atom stereocenters. The summed E-state index contributed by atoms with van der Waals surface area (Å²) in [5.41, 5.74) is 0. The topological polar surface area (TPSA) is 46.5 Å². The third-order valence-corrected chi connectivity index (χ3v) is 1.25. The molecule has 0 spiro atoms. The van der Waals surface area contributed by atoms with Gasteiger partial charge >= 0.3 is 5.97 Å². The van der Waals surface area contributed by atoms with Gasteiger partial charge in [-0.15, -0.1) is 0 Å². The molecule has 0 aliphatic carbocycles.